The van der Waals surface area contributed by atoms with Gasteiger partial charge in [0, 0.05) is 6.61 Å². The third kappa shape index (κ3) is 9.46. The predicted octanol–water partition coefficient (Wildman–Crippen LogP) is 2.97. The minimum Gasteiger partial charge on any atom is -0.374 e. The second kappa shape index (κ2) is 8.95. The largest absolute Gasteiger partial charge is 0.374 e. The lowest BCUT2D eigenvalue weighted by atomic mass is 10.0. The summed E-state index contributed by atoms with van der Waals surface area (Å²) in [6.45, 7) is 7.41. The maximum absolute atomic E-state index is 9.96. The van der Waals surface area contributed by atoms with E-state index in [1.165, 1.54) is 12.0 Å². The van der Waals surface area contributed by atoms with Gasteiger partial charge in [0.05, 0.1) is 0 Å². The van der Waals surface area contributed by atoms with Crippen molar-refractivity contribution in [3.8, 4) is 0 Å². The van der Waals surface area contributed by atoms with Crippen LogP contribution in [0.3, 0.4) is 0 Å². The van der Waals surface area contributed by atoms with Crippen molar-refractivity contribution in [1.82, 2.24) is 0 Å². The van der Waals surface area contributed by atoms with Crippen LogP contribution in [0.4, 0.5) is 0 Å². The van der Waals surface area contributed by atoms with Crippen molar-refractivity contribution >= 4 is 6.29 Å². The molecule has 0 fully saturated rings. The van der Waals surface area contributed by atoms with Crippen molar-refractivity contribution in [3.05, 3.63) is 11.6 Å². The van der Waals surface area contributed by atoms with Gasteiger partial charge in [-0.15, -0.1) is 0 Å². The molecule has 0 spiro atoms. The molecule has 0 amide bonds. The maximum Gasteiger partial charge on any atom is 0.145 e. The summed E-state index contributed by atoms with van der Waals surface area (Å²) in [4.78, 5) is 9.96. The molecule has 0 heterocycles. The summed E-state index contributed by atoms with van der Waals surface area (Å²) >= 11 is 0. The minimum atomic E-state index is 0.237. The van der Waals surface area contributed by atoms with Gasteiger partial charge in [-0.3, -0.25) is 0 Å². The number of hydrogen-bond acceptors (Lipinski definition) is 2. The molecule has 2 nitrogen and oxygen atoms in total. The molecule has 0 bridgehead atoms. The number of ether oxygens (including phenoxy) is 1. The minimum absolute atomic E-state index is 0.237. The van der Waals surface area contributed by atoms with E-state index in [2.05, 4.69) is 26.8 Å². The van der Waals surface area contributed by atoms with Gasteiger partial charge in [0.25, 0.3) is 0 Å². The molecule has 82 valence electrons. The van der Waals surface area contributed by atoms with Crippen LogP contribution in [0.1, 0.15) is 40.0 Å². The van der Waals surface area contributed by atoms with Gasteiger partial charge in [-0.1, -0.05) is 18.6 Å². The number of rotatable bonds is 8. The van der Waals surface area contributed by atoms with E-state index in [1.54, 1.807) is 0 Å². The number of carbonyl (C=O) groups is 1. The summed E-state index contributed by atoms with van der Waals surface area (Å²) in [7, 11) is 0. The highest BCUT2D eigenvalue weighted by molar-refractivity contribution is 5.50. The molecule has 0 saturated heterocycles. The molecular weight excluding hydrogens is 176 g/mol. The highest BCUT2D eigenvalue weighted by atomic mass is 16.5. The van der Waals surface area contributed by atoms with E-state index in [0.29, 0.717) is 12.5 Å². The summed E-state index contributed by atoms with van der Waals surface area (Å²) in [6.07, 6.45) is 6.47. The summed E-state index contributed by atoms with van der Waals surface area (Å²) in [5, 5.41) is 0. The molecule has 0 aromatic heterocycles. The smallest absolute Gasteiger partial charge is 0.145 e. The van der Waals surface area contributed by atoms with Crippen molar-refractivity contribution in [2.24, 2.45) is 5.92 Å². The van der Waals surface area contributed by atoms with Crippen LogP contribution in [-0.4, -0.2) is 19.5 Å². The Morgan fingerprint density at radius 2 is 2.07 bits per heavy atom. The van der Waals surface area contributed by atoms with Gasteiger partial charge in [0.1, 0.15) is 12.9 Å². The Kier molecular flexibility index (Phi) is 8.54. The molecule has 14 heavy (non-hydrogen) atoms. The molecule has 0 saturated carbocycles. The maximum atomic E-state index is 9.96. The van der Waals surface area contributed by atoms with Crippen LogP contribution < -0.4 is 0 Å². The Morgan fingerprint density at radius 3 is 2.64 bits per heavy atom. The van der Waals surface area contributed by atoms with Crippen LogP contribution in [0.2, 0.25) is 0 Å². The number of aldehydes is 1. The first-order valence-electron chi connectivity index (χ1n) is 5.31. The molecule has 0 unspecified atom stereocenters. The van der Waals surface area contributed by atoms with Crippen LogP contribution in [0, 0.1) is 5.92 Å². The van der Waals surface area contributed by atoms with E-state index >= 15 is 0 Å². The van der Waals surface area contributed by atoms with Crippen molar-refractivity contribution < 1.29 is 9.53 Å². The third-order valence-corrected chi connectivity index (χ3v) is 2.15. The van der Waals surface area contributed by atoms with Gasteiger partial charge in [0.2, 0.25) is 0 Å². The Hall–Kier alpha value is -0.630. The second-order valence-corrected chi connectivity index (χ2v) is 3.99. The molecule has 0 aromatic rings. The molecule has 0 aliphatic carbocycles. The van der Waals surface area contributed by atoms with Gasteiger partial charge >= 0.3 is 0 Å². The lowest BCUT2D eigenvalue weighted by Crippen LogP contribution is -2.03. The highest BCUT2D eigenvalue weighted by Crippen LogP contribution is 2.11. The Morgan fingerprint density at radius 1 is 1.36 bits per heavy atom. The van der Waals surface area contributed by atoms with E-state index in [4.69, 9.17) is 4.74 Å². The normalized spacial score (nSPS) is 12.2. The predicted molar refractivity (Wildman–Crippen MR) is 59.3 cm³/mol. The topological polar surface area (TPSA) is 26.3 Å². The summed E-state index contributed by atoms with van der Waals surface area (Å²) in [5.41, 5.74) is 1.38. The number of hydrogen-bond donors (Lipinski definition) is 0. The third-order valence-electron chi connectivity index (χ3n) is 2.15. The first kappa shape index (κ1) is 13.4. The average molecular weight is 198 g/mol. The van der Waals surface area contributed by atoms with Crippen LogP contribution in [0.5, 0.6) is 0 Å². The highest BCUT2D eigenvalue weighted by Gasteiger charge is 2.00. The standard InChI is InChI=1S/C12H22O2/c1-11(2)5-4-6-12(3)7-9-14-10-8-13/h5,8,12H,4,6-7,9-10H2,1-3H3/t12-/m1/s1. The van der Waals surface area contributed by atoms with Crippen LogP contribution in [-0.2, 0) is 9.53 Å². The molecule has 0 aromatic carbocycles. The van der Waals surface area contributed by atoms with Crippen LogP contribution in [0.15, 0.2) is 11.6 Å². The lowest BCUT2D eigenvalue weighted by Gasteiger charge is -2.09. The first-order valence-corrected chi connectivity index (χ1v) is 5.31. The summed E-state index contributed by atoms with van der Waals surface area (Å²) < 4.78 is 5.10. The van der Waals surface area contributed by atoms with Gasteiger partial charge in [-0.2, -0.15) is 0 Å². The zero-order valence-corrected chi connectivity index (χ0v) is 9.58. The molecule has 0 aliphatic rings. The van der Waals surface area contributed by atoms with Gasteiger partial charge in [-0.25, -0.2) is 0 Å². The fourth-order valence-electron chi connectivity index (χ4n) is 1.22. The number of carbonyl (C=O) groups excluding carboxylic acids is 1. The molecule has 0 aliphatic heterocycles. The molecule has 1 atom stereocenters. The van der Waals surface area contributed by atoms with Crippen molar-refractivity contribution in [1.29, 1.82) is 0 Å². The van der Waals surface area contributed by atoms with Gasteiger partial charge < -0.3 is 9.53 Å². The summed E-state index contributed by atoms with van der Waals surface area (Å²) in [6, 6.07) is 0. The zero-order chi connectivity index (χ0) is 10.8. The first-order chi connectivity index (χ1) is 6.66. The van der Waals surface area contributed by atoms with Crippen molar-refractivity contribution in [2.75, 3.05) is 13.2 Å². The van der Waals surface area contributed by atoms with E-state index in [1.807, 2.05) is 0 Å². The fourth-order valence-corrected chi connectivity index (χ4v) is 1.22. The Labute approximate surface area is 87.3 Å². The molecule has 0 N–H and O–H groups in total. The monoisotopic (exact) mass is 198 g/mol. The fraction of sp³-hybridized carbons (Fsp3) is 0.750. The van der Waals surface area contributed by atoms with Crippen LogP contribution in [0.25, 0.3) is 0 Å². The molecular formula is C12H22O2. The van der Waals surface area contributed by atoms with Gasteiger partial charge in [-0.05, 0) is 39.0 Å². The van der Waals surface area contributed by atoms with E-state index in [-0.39, 0.29) is 6.61 Å². The SMILES string of the molecule is CC(C)=CCC[C@@H](C)CCOCC=O. The quantitative estimate of drug-likeness (QED) is 0.340. The van der Waals surface area contributed by atoms with E-state index in [0.717, 1.165) is 19.1 Å². The second-order valence-electron chi connectivity index (χ2n) is 3.99. The number of allylic oxidation sites excluding steroid dienone is 2. The van der Waals surface area contributed by atoms with Crippen molar-refractivity contribution in [2.45, 2.75) is 40.0 Å². The molecule has 2 heteroatoms. The van der Waals surface area contributed by atoms with Crippen LogP contribution >= 0.6 is 0 Å². The average Bonchev–Trinajstić information content (AvgIpc) is 2.12. The van der Waals surface area contributed by atoms with Crippen molar-refractivity contribution in [3.63, 3.8) is 0 Å². The van der Waals surface area contributed by atoms with E-state index < -0.39 is 0 Å². The zero-order valence-electron chi connectivity index (χ0n) is 9.58. The Bertz CT molecular complexity index is 169. The molecule has 0 radical (unpaired) electrons. The van der Waals surface area contributed by atoms with Gasteiger partial charge in [0.15, 0.2) is 0 Å². The molecule has 0 rings (SSSR count). The lowest BCUT2D eigenvalue weighted by molar-refractivity contribution is -0.111. The Balaban J connectivity index is 3.32. The summed E-state index contributed by atoms with van der Waals surface area (Å²) in [5.74, 6) is 0.678. The van der Waals surface area contributed by atoms with E-state index in [9.17, 15) is 4.79 Å².